The van der Waals surface area contributed by atoms with Crippen molar-refractivity contribution in [2.24, 2.45) is 0 Å². The van der Waals surface area contributed by atoms with Gasteiger partial charge in [-0.1, -0.05) is 23.8 Å². The Morgan fingerprint density at radius 2 is 1.55 bits per heavy atom. The van der Waals surface area contributed by atoms with Crippen molar-refractivity contribution in [3.05, 3.63) is 93.3 Å². The number of fused-ring (bicyclic) bond motifs is 1. The monoisotopic (exact) mass is 416 g/mol. The van der Waals surface area contributed by atoms with E-state index in [-0.39, 0.29) is 11.2 Å². The Bertz CT molecular complexity index is 1290. The molecule has 5 nitrogen and oxygen atoms in total. The van der Waals surface area contributed by atoms with E-state index >= 15 is 0 Å². The van der Waals surface area contributed by atoms with Gasteiger partial charge in [0.25, 0.3) is 0 Å². The quantitative estimate of drug-likeness (QED) is 0.380. The van der Waals surface area contributed by atoms with Gasteiger partial charge < -0.3 is 18.6 Å². The van der Waals surface area contributed by atoms with Crippen molar-refractivity contribution >= 4 is 11.0 Å². The highest BCUT2D eigenvalue weighted by atomic mass is 16.5. The maximum atomic E-state index is 13.0. The zero-order valence-corrected chi connectivity index (χ0v) is 18.0. The lowest BCUT2D eigenvalue weighted by Gasteiger charge is -2.12. The van der Waals surface area contributed by atoms with Crippen LogP contribution in [0.25, 0.3) is 11.0 Å². The molecular weight excluding hydrogens is 392 g/mol. The second-order valence-corrected chi connectivity index (χ2v) is 7.47. The van der Waals surface area contributed by atoms with Crippen LogP contribution in [0, 0.1) is 20.8 Å². The maximum absolute atomic E-state index is 13.0. The van der Waals surface area contributed by atoms with E-state index in [1.165, 1.54) is 11.1 Å². The summed E-state index contributed by atoms with van der Waals surface area (Å²) in [6.07, 6.45) is 0. The molecule has 3 aromatic carbocycles. The fraction of sp³-hybridized carbons (Fsp3) is 0.192. The molecule has 1 heterocycles. The van der Waals surface area contributed by atoms with Gasteiger partial charge in [-0.05, 0) is 68.3 Å². The van der Waals surface area contributed by atoms with Gasteiger partial charge in [0.15, 0.2) is 0 Å². The fourth-order valence-corrected chi connectivity index (χ4v) is 3.35. The van der Waals surface area contributed by atoms with E-state index in [4.69, 9.17) is 18.6 Å². The molecule has 0 aliphatic heterocycles. The molecule has 31 heavy (non-hydrogen) atoms. The van der Waals surface area contributed by atoms with Crippen LogP contribution < -0.4 is 19.6 Å². The molecule has 0 radical (unpaired) electrons. The largest absolute Gasteiger partial charge is 0.497 e. The van der Waals surface area contributed by atoms with Crippen LogP contribution >= 0.6 is 0 Å². The van der Waals surface area contributed by atoms with Crippen LogP contribution in [0.4, 0.5) is 0 Å². The standard InChI is InChI=1S/C26H24O5/c1-16-5-6-17(2)19(13-16)15-29-22-11-12-23-24(14-22)30-18(3)26(25(23)27)31-21-9-7-20(28-4)8-10-21/h5-14H,15H2,1-4H3. The molecule has 5 heteroatoms. The lowest BCUT2D eigenvalue weighted by Crippen LogP contribution is -2.07. The van der Waals surface area contributed by atoms with E-state index in [0.29, 0.717) is 40.6 Å². The van der Waals surface area contributed by atoms with Gasteiger partial charge in [-0.2, -0.15) is 0 Å². The molecule has 0 bridgehead atoms. The Morgan fingerprint density at radius 3 is 2.29 bits per heavy atom. The van der Waals surface area contributed by atoms with Crippen LogP contribution in [0.3, 0.4) is 0 Å². The summed E-state index contributed by atoms with van der Waals surface area (Å²) >= 11 is 0. The van der Waals surface area contributed by atoms with Crippen molar-refractivity contribution in [1.29, 1.82) is 0 Å². The van der Waals surface area contributed by atoms with Gasteiger partial charge in [-0.3, -0.25) is 4.79 Å². The van der Waals surface area contributed by atoms with Gasteiger partial charge in [-0.15, -0.1) is 0 Å². The van der Waals surface area contributed by atoms with Gasteiger partial charge in [-0.25, -0.2) is 0 Å². The van der Waals surface area contributed by atoms with Crippen molar-refractivity contribution in [3.8, 4) is 23.0 Å². The lowest BCUT2D eigenvalue weighted by molar-refractivity contribution is 0.305. The predicted molar refractivity (Wildman–Crippen MR) is 121 cm³/mol. The molecule has 0 unspecified atom stereocenters. The summed E-state index contributed by atoms with van der Waals surface area (Å²) in [5, 5.41) is 0.438. The SMILES string of the molecule is COc1ccc(Oc2c(C)oc3cc(OCc4cc(C)ccc4C)ccc3c2=O)cc1. The topological polar surface area (TPSA) is 57.9 Å². The molecule has 0 N–H and O–H groups in total. The average Bonchev–Trinajstić information content (AvgIpc) is 2.77. The minimum atomic E-state index is -0.226. The third-order valence-electron chi connectivity index (χ3n) is 5.17. The highest BCUT2D eigenvalue weighted by Crippen LogP contribution is 2.28. The lowest BCUT2D eigenvalue weighted by atomic mass is 10.1. The number of methoxy groups -OCH3 is 1. The number of ether oxygens (including phenoxy) is 3. The number of aryl methyl sites for hydroxylation is 3. The average molecular weight is 416 g/mol. The first-order valence-corrected chi connectivity index (χ1v) is 10.0. The second kappa shape index (κ2) is 8.56. The Hall–Kier alpha value is -3.73. The smallest absolute Gasteiger partial charge is 0.235 e. The van der Waals surface area contributed by atoms with E-state index in [1.54, 1.807) is 56.5 Å². The second-order valence-electron chi connectivity index (χ2n) is 7.47. The molecule has 158 valence electrons. The molecular formula is C26H24O5. The van der Waals surface area contributed by atoms with Crippen molar-refractivity contribution in [3.63, 3.8) is 0 Å². The number of hydrogen-bond donors (Lipinski definition) is 0. The molecule has 0 saturated carbocycles. The molecule has 0 aliphatic rings. The van der Waals surface area contributed by atoms with Crippen LogP contribution in [0.2, 0.25) is 0 Å². The zero-order valence-electron chi connectivity index (χ0n) is 18.0. The summed E-state index contributed by atoms with van der Waals surface area (Å²) in [7, 11) is 1.60. The van der Waals surface area contributed by atoms with Gasteiger partial charge in [0.05, 0.1) is 12.5 Å². The molecule has 1 aromatic heterocycles. The highest BCUT2D eigenvalue weighted by molar-refractivity contribution is 5.79. The minimum Gasteiger partial charge on any atom is -0.497 e. The number of rotatable bonds is 6. The molecule has 0 amide bonds. The fourth-order valence-electron chi connectivity index (χ4n) is 3.35. The highest BCUT2D eigenvalue weighted by Gasteiger charge is 2.15. The molecule has 4 rings (SSSR count). The number of hydrogen-bond acceptors (Lipinski definition) is 5. The van der Waals surface area contributed by atoms with E-state index in [9.17, 15) is 4.79 Å². The molecule has 0 saturated heterocycles. The first-order chi connectivity index (χ1) is 14.9. The van der Waals surface area contributed by atoms with Crippen LogP contribution in [-0.2, 0) is 6.61 Å². The summed E-state index contributed by atoms with van der Waals surface area (Å²) in [4.78, 5) is 13.0. The predicted octanol–water partition coefficient (Wildman–Crippen LogP) is 6.10. The van der Waals surface area contributed by atoms with Gasteiger partial charge in [0.2, 0.25) is 11.2 Å². The van der Waals surface area contributed by atoms with Gasteiger partial charge >= 0.3 is 0 Å². The molecule has 0 fully saturated rings. The Balaban J connectivity index is 1.59. The van der Waals surface area contributed by atoms with Crippen LogP contribution in [0.15, 0.2) is 69.9 Å². The molecule has 0 atom stereocenters. The Kier molecular flexibility index (Phi) is 5.67. The molecule has 4 aromatic rings. The van der Waals surface area contributed by atoms with E-state index in [0.717, 1.165) is 5.56 Å². The zero-order chi connectivity index (χ0) is 22.0. The molecule has 0 aliphatic carbocycles. The first-order valence-electron chi connectivity index (χ1n) is 10.0. The Labute approximate surface area is 180 Å². The maximum Gasteiger partial charge on any atom is 0.235 e. The Morgan fingerprint density at radius 1 is 0.839 bits per heavy atom. The van der Waals surface area contributed by atoms with E-state index in [2.05, 4.69) is 32.0 Å². The van der Waals surface area contributed by atoms with E-state index in [1.807, 2.05) is 0 Å². The van der Waals surface area contributed by atoms with Crippen LogP contribution in [0.5, 0.6) is 23.0 Å². The van der Waals surface area contributed by atoms with E-state index < -0.39 is 0 Å². The summed E-state index contributed by atoms with van der Waals surface area (Å²) < 4.78 is 22.8. The summed E-state index contributed by atoms with van der Waals surface area (Å²) in [6.45, 7) is 6.28. The van der Waals surface area contributed by atoms with Crippen molar-refractivity contribution in [2.45, 2.75) is 27.4 Å². The van der Waals surface area contributed by atoms with Crippen molar-refractivity contribution in [1.82, 2.24) is 0 Å². The molecule has 0 spiro atoms. The van der Waals surface area contributed by atoms with Crippen molar-refractivity contribution in [2.75, 3.05) is 7.11 Å². The summed E-state index contributed by atoms with van der Waals surface area (Å²) in [5.74, 6) is 2.45. The normalized spacial score (nSPS) is 10.8. The minimum absolute atomic E-state index is 0.168. The van der Waals surface area contributed by atoms with Gasteiger partial charge in [0, 0.05) is 6.07 Å². The van der Waals surface area contributed by atoms with Crippen LogP contribution in [-0.4, -0.2) is 7.11 Å². The summed E-state index contributed by atoms with van der Waals surface area (Å²) in [6, 6.07) is 18.5. The third-order valence-corrected chi connectivity index (χ3v) is 5.17. The van der Waals surface area contributed by atoms with Gasteiger partial charge in [0.1, 0.15) is 35.2 Å². The van der Waals surface area contributed by atoms with Crippen LogP contribution in [0.1, 0.15) is 22.5 Å². The van der Waals surface area contributed by atoms with Crippen molar-refractivity contribution < 1.29 is 18.6 Å². The first kappa shape index (κ1) is 20.5. The third kappa shape index (κ3) is 4.40. The number of benzene rings is 3. The summed E-state index contributed by atoms with van der Waals surface area (Å²) in [5.41, 5.74) is 3.72.